The van der Waals surface area contributed by atoms with E-state index in [4.69, 9.17) is 0 Å². The summed E-state index contributed by atoms with van der Waals surface area (Å²) in [5.41, 5.74) is 7.47. The lowest BCUT2D eigenvalue weighted by Crippen LogP contribution is -1.89. The van der Waals surface area contributed by atoms with Crippen LogP contribution in [0.15, 0.2) is 206 Å². The van der Waals surface area contributed by atoms with Crippen LogP contribution in [0.5, 0.6) is 0 Å². The zero-order valence-electron chi connectivity index (χ0n) is 30.6. The molecule has 0 N–H and O–H groups in total. The second-order valence-corrected chi connectivity index (χ2v) is 15.2. The van der Waals surface area contributed by atoms with E-state index in [2.05, 4.69) is 206 Å². The van der Waals surface area contributed by atoms with Gasteiger partial charge >= 0.3 is 0 Å². The van der Waals surface area contributed by atoms with Gasteiger partial charge in [0.25, 0.3) is 0 Å². The fraction of sp³-hybridized carbons (Fsp3) is 0. The first-order chi connectivity index (χ1) is 27.7. The molecule has 0 atom stereocenters. The first-order valence-electron chi connectivity index (χ1n) is 19.5. The van der Waals surface area contributed by atoms with Gasteiger partial charge in [-0.2, -0.15) is 0 Å². The minimum atomic E-state index is 1.22. The van der Waals surface area contributed by atoms with Gasteiger partial charge in [-0.3, -0.25) is 0 Å². The molecule has 0 aromatic heterocycles. The van der Waals surface area contributed by atoms with Crippen molar-refractivity contribution in [2.45, 2.75) is 0 Å². The van der Waals surface area contributed by atoms with E-state index in [-0.39, 0.29) is 0 Å². The average molecular weight is 707 g/mol. The number of hydrogen-bond donors (Lipinski definition) is 0. The van der Waals surface area contributed by atoms with Crippen molar-refractivity contribution >= 4 is 86.2 Å². The minimum Gasteiger partial charge on any atom is -0.0616 e. The molecule has 12 aromatic carbocycles. The standard InChI is InChI=1S/C56H34/c1-2-12-44-40(11-1)33-53(48-16-5-3-13-45(44)48)41-28-26-37-29-36(24-25-38(37)30-41)39-23-21-35-22-27-42(32-43(35)31-39)54-34-55-49-17-6-4-14-46(49)47-15-7-9-19-51(47)56(55)52-20-10-8-18-50(52)54/h1-34H. The van der Waals surface area contributed by atoms with Crippen molar-refractivity contribution in [1.29, 1.82) is 0 Å². The highest BCUT2D eigenvalue weighted by atomic mass is 14.2. The largest absolute Gasteiger partial charge is 0.0616 e. The molecule has 0 heterocycles. The highest BCUT2D eigenvalue weighted by molar-refractivity contribution is 6.33. The second-order valence-electron chi connectivity index (χ2n) is 15.2. The van der Waals surface area contributed by atoms with Crippen LogP contribution in [0.3, 0.4) is 0 Å². The Morgan fingerprint density at radius 3 is 1.20 bits per heavy atom. The first kappa shape index (κ1) is 31.1. The summed E-state index contributed by atoms with van der Waals surface area (Å²) >= 11 is 0. The monoisotopic (exact) mass is 706 g/mol. The van der Waals surface area contributed by atoms with Crippen molar-refractivity contribution in [1.82, 2.24) is 0 Å². The molecule has 258 valence electrons. The zero-order chi connectivity index (χ0) is 36.7. The molecule has 0 aliphatic carbocycles. The van der Waals surface area contributed by atoms with Crippen LogP contribution >= 0.6 is 0 Å². The van der Waals surface area contributed by atoms with Crippen molar-refractivity contribution in [3.8, 4) is 33.4 Å². The lowest BCUT2D eigenvalue weighted by Gasteiger charge is -2.16. The summed E-state index contributed by atoms with van der Waals surface area (Å²) in [6, 6.07) is 76.7. The maximum atomic E-state index is 2.44. The quantitative estimate of drug-likeness (QED) is 0.160. The predicted octanol–water partition coefficient (Wildman–Crippen LogP) is 15.9. The van der Waals surface area contributed by atoms with Crippen LogP contribution in [-0.2, 0) is 0 Å². The zero-order valence-corrected chi connectivity index (χ0v) is 30.6. The van der Waals surface area contributed by atoms with Gasteiger partial charge in [-0.1, -0.05) is 170 Å². The van der Waals surface area contributed by atoms with Crippen molar-refractivity contribution in [3.05, 3.63) is 206 Å². The highest BCUT2D eigenvalue weighted by Gasteiger charge is 2.16. The summed E-state index contributed by atoms with van der Waals surface area (Å²) < 4.78 is 0. The Bertz CT molecular complexity index is 3590. The molecule has 0 fully saturated rings. The summed E-state index contributed by atoms with van der Waals surface area (Å²) in [5, 5.41) is 20.5. The summed E-state index contributed by atoms with van der Waals surface area (Å²) in [7, 11) is 0. The van der Waals surface area contributed by atoms with Crippen LogP contribution in [0.4, 0.5) is 0 Å². The van der Waals surface area contributed by atoms with E-state index in [0.29, 0.717) is 0 Å². The predicted molar refractivity (Wildman–Crippen MR) is 243 cm³/mol. The Kier molecular flexibility index (Phi) is 6.73. The second kappa shape index (κ2) is 12.1. The van der Waals surface area contributed by atoms with E-state index >= 15 is 0 Å². The Hall–Kier alpha value is -7.28. The maximum absolute atomic E-state index is 2.44. The Balaban J connectivity index is 0.976. The summed E-state index contributed by atoms with van der Waals surface area (Å²) in [4.78, 5) is 0. The van der Waals surface area contributed by atoms with Gasteiger partial charge in [0.1, 0.15) is 0 Å². The van der Waals surface area contributed by atoms with Crippen LogP contribution < -0.4 is 0 Å². The SMILES string of the molecule is c1ccc2c(c1)cc(-c1ccc3cc(-c4ccc5ccc(-c6cc7c8ccccc8c8ccccc8c7c7ccccc67)cc5c4)ccc3c1)c1ccccc12. The highest BCUT2D eigenvalue weighted by Crippen LogP contribution is 2.43. The van der Waals surface area contributed by atoms with Crippen molar-refractivity contribution < 1.29 is 0 Å². The molecule has 12 rings (SSSR count). The Morgan fingerprint density at radius 2 is 0.554 bits per heavy atom. The Labute approximate surface area is 324 Å². The van der Waals surface area contributed by atoms with E-state index in [1.807, 2.05) is 0 Å². The Morgan fingerprint density at radius 1 is 0.179 bits per heavy atom. The maximum Gasteiger partial charge on any atom is -0.00199 e. The lowest BCUT2D eigenvalue weighted by molar-refractivity contribution is 1.66. The van der Waals surface area contributed by atoms with Crippen LogP contribution in [0.25, 0.3) is 120 Å². The molecule has 56 heavy (non-hydrogen) atoms. The third-order valence-corrected chi connectivity index (χ3v) is 12.2. The number of rotatable bonds is 3. The average Bonchev–Trinajstić information content (AvgIpc) is 3.27. The van der Waals surface area contributed by atoms with Gasteiger partial charge in [0.05, 0.1) is 0 Å². The summed E-state index contributed by atoms with van der Waals surface area (Å²) in [5.74, 6) is 0. The topological polar surface area (TPSA) is 0 Å². The van der Waals surface area contributed by atoms with Gasteiger partial charge in [0.2, 0.25) is 0 Å². The lowest BCUT2D eigenvalue weighted by atomic mass is 9.87. The van der Waals surface area contributed by atoms with E-state index in [1.54, 1.807) is 0 Å². The van der Waals surface area contributed by atoms with Crippen LogP contribution in [0, 0.1) is 0 Å². The molecule has 0 nitrogen and oxygen atoms in total. The molecule has 0 spiro atoms. The number of hydrogen-bond acceptors (Lipinski definition) is 0. The molecular weight excluding hydrogens is 673 g/mol. The minimum absolute atomic E-state index is 1.22. The van der Waals surface area contributed by atoms with E-state index in [1.165, 1.54) is 120 Å². The number of benzene rings is 12. The normalized spacial score (nSPS) is 11.9. The molecule has 0 aliphatic rings. The third-order valence-electron chi connectivity index (χ3n) is 12.2. The van der Waals surface area contributed by atoms with Gasteiger partial charge in [-0.05, 0) is 156 Å². The summed E-state index contributed by atoms with van der Waals surface area (Å²) in [6.45, 7) is 0. The van der Waals surface area contributed by atoms with Gasteiger partial charge in [0.15, 0.2) is 0 Å². The molecule has 0 bridgehead atoms. The van der Waals surface area contributed by atoms with Gasteiger partial charge in [-0.25, -0.2) is 0 Å². The van der Waals surface area contributed by atoms with E-state index < -0.39 is 0 Å². The molecule has 0 radical (unpaired) electrons. The molecule has 0 saturated heterocycles. The van der Waals surface area contributed by atoms with Gasteiger partial charge < -0.3 is 0 Å². The fourth-order valence-electron chi connectivity index (χ4n) is 9.49. The van der Waals surface area contributed by atoms with Crippen LogP contribution in [0.1, 0.15) is 0 Å². The van der Waals surface area contributed by atoms with Crippen molar-refractivity contribution in [3.63, 3.8) is 0 Å². The summed E-state index contributed by atoms with van der Waals surface area (Å²) in [6.07, 6.45) is 0. The molecule has 12 aromatic rings. The third kappa shape index (κ3) is 4.73. The van der Waals surface area contributed by atoms with E-state index in [9.17, 15) is 0 Å². The van der Waals surface area contributed by atoms with E-state index in [0.717, 1.165) is 0 Å². The van der Waals surface area contributed by atoms with Gasteiger partial charge in [0, 0.05) is 0 Å². The fourth-order valence-corrected chi connectivity index (χ4v) is 9.49. The van der Waals surface area contributed by atoms with Crippen LogP contribution in [-0.4, -0.2) is 0 Å². The first-order valence-corrected chi connectivity index (χ1v) is 19.5. The van der Waals surface area contributed by atoms with Crippen molar-refractivity contribution in [2.75, 3.05) is 0 Å². The molecule has 0 aliphatic heterocycles. The van der Waals surface area contributed by atoms with Crippen LogP contribution in [0.2, 0.25) is 0 Å². The smallest absolute Gasteiger partial charge is 0.00199 e. The molecule has 0 heteroatoms. The molecule has 0 saturated carbocycles. The van der Waals surface area contributed by atoms with Crippen molar-refractivity contribution in [2.24, 2.45) is 0 Å². The molecular formula is C56H34. The molecule has 0 amide bonds. The van der Waals surface area contributed by atoms with Gasteiger partial charge in [-0.15, -0.1) is 0 Å². The number of fused-ring (bicyclic) bond motifs is 13. The molecule has 0 unspecified atom stereocenters.